The molecule has 0 aliphatic rings. The van der Waals surface area contributed by atoms with Crippen LogP contribution in [0.15, 0.2) is 18.6 Å². The summed E-state index contributed by atoms with van der Waals surface area (Å²) in [5.41, 5.74) is 0.933. The minimum Gasteiger partial charge on any atom is -0.317 e. The number of carbonyl (C=O) groups excluding carboxylic acids is 1. The van der Waals surface area contributed by atoms with Crippen molar-refractivity contribution < 1.29 is 4.79 Å². The number of nitrogens with zero attached hydrogens (tertiary/aromatic N) is 4. The smallest absolute Gasteiger partial charge is 0.226 e. The molecule has 0 unspecified atom stereocenters. The van der Waals surface area contributed by atoms with Crippen LogP contribution in [0.4, 0.5) is 5.95 Å². The highest BCUT2D eigenvalue weighted by molar-refractivity contribution is 5.88. The van der Waals surface area contributed by atoms with E-state index in [1.54, 1.807) is 12.4 Å². The van der Waals surface area contributed by atoms with Gasteiger partial charge >= 0.3 is 0 Å². The monoisotopic (exact) mass is 290 g/mol. The van der Waals surface area contributed by atoms with Gasteiger partial charge in [-0.05, 0) is 25.2 Å². The number of carbonyl (C=O) groups is 1. The van der Waals surface area contributed by atoms with Crippen LogP contribution in [0, 0.1) is 5.92 Å². The lowest BCUT2D eigenvalue weighted by molar-refractivity contribution is -0.116. The summed E-state index contributed by atoms with van der Waals surface area (Å²) in [6, 6.07) is 0. The van der Waals surface area contributed by atoms with E-state index in [1.807, 2.05) is 10.8 Å². The average Bonchev–Trinajstić information content (AvgIpc) is 3.07. The van der Waals surface area contributed by atoms with Crippen LogP contribution in [0.3, 0.4) is 0 Å². The van der Waals surface area contributed by atoms with Gasteiger partial charge in [0, 0.05) is 25.4 Å². The number of unbranched alkanes of at least 4 members (excludes halogenated alkanes) is 1. The molecule has 0 aliphatic carbocycles. The number of anilines is 1. The number of amides is 1. The Balaban J connectivity index is 1.70. The zero-order valence-electron chi connectivity index (χ0n) is 12.5. The summed E-state index contributed by atoms with van der Waals surface area (Å²) < 4.78 is 1.97. The topological polar surface area (TPSA) is 88.5 Å². The molecule has 2 aromatic rings. The molecule has 0 bridgehead atoms. The molecule has 2 heterocycles. The Morgan fingerprint density at radius 1 is 1.43 bits per heavy atom. The molecule has 0 saturated carbocycles. The van der Waals surface area contributed by atoms with Crippen LogP contribution in [0.25, 0.3) is 0 Å². The first kappa shape index (κ1) is 15.2. The van der Waals surface area contributed by atoms with Crippen molar-refractivity contribution in [2.45, 2.75) is 46.1 Å². The van der Waals surface area contributed by atoms with Gasteiger partial charge in [-0.3, -0.25) is 10.1 Å². The molecular weight excluding hydrogens is 268 g/mol. The number of imidazole rings is 1. The van der Waals surface area contributed by atoms with Crippen molar-refractivity contribution in [3.05, 3.63) is 24.3 Å². The number of H-pyrrole nitrogens is 1. The minimum atomic E-state index is 0.00589. The van der Waals surface area contributed by atoms with Crippen molar-refractivity contribution in [3.63, 3.8) is 0 Å². The molecule has 0 aliphatic heterocycles. The van der Waals surface area contributed by atoms with Crippen LogP contribution in [0.5, 0.6) is 0 Å². The number of hydrogen-bond acceptors (Lipinski definition) is 4. The highest BCUT2D eigenvalue weighted by Crippen LogP contribution is 2.10. The Labute approximate surface area is 124 Å². The zero-order chi connectivity index (χ0) is 15.1. The van der Waals surface area contributed by atoms with Crippen molar-refractivity contribution in [1.29, 1.82) is 0 Å². The normalized spacial score (nSPS) is 11.0. The van der Waals surface area contributed by atoms with Crippen LogP contribution in [0.2, 0.25) is 0 Å². The number of hydrogen-bond donors (Lipinski definition) is 2. The van der Waals surface area contributed by atoms with E-state index in [2.05, 4.69) is 39.6 Å². The van der Waals surface area contributed by atoms with Gasteiger partial charge in [0.15, 0.2) is 0 Å². The van der Waals surface area contributed by atoms with Crippen molar-refractivity contribution in [3.8, 4) is 0 Å². The van der Waals surface area contributed by atoms with E-state index in [9.17, 15) is 4.79 Å². The summed E-state index contributed by atoms with van der Waals surface area (Å²) in [5.74, 6) is 1.15. The van der Waals surface area contributed by atoms with Crippen molar-refractivity contribution in [1.82, 2.24) is 25.0 Å². The highest BCUT2D eigenvalue weighted by Gasteiger charge is 2.08. The first-order chi connectivity index (χ1) is 10.1. The van der Waals surface area contributed by atoms with E-state index in [4.69, 9.17) is 0 Å². The Hall–Kier alpha value is -2.18. The van der Waals surface area contributed by atoms with Crippen molar-refractivity contribution in [2.24, 2.45) is 5.92 Å². The molecule has 2 rings (SSSR count). The van der Waals surface area contributed by atoms with Gasteiger partial charge in [0.25, 0.3) is 0 Å². The van der Waals surface area contributed by atoms with Gasteiger partial charge in [-0.2, -0.15) is 15.4 Å². The summed E-state index contributed by atoms with van der Waals surface area (Å²) in [6.07, 6.45) is 8.38. The van der Waals surface area contributed by atoms with Crippen molar-refractivity contribution >= 4 is 11.9 Å². The fourth-order valence-electron chi connectivity index (χ4n) is 2.10. The summed E-state index contributed by atoms with van der Waals surface area (Å²) in [5, 5.41) is 13.2. The Bertz CT molecular complexity index is 546. The van der Waals surface area contributed by atoms with Crippen LogP contribution in [0.1, 0.15) is 38.8 Å². The minimum absolute atomic E-state index is 0.00589. The molecular formula is C14H22N6O. The molecule has 2 aromatic heterocycles. The first-order valence-electron chi connectivity index (χ1n) is 7.31. The van der Waals surface area contributed by atoms with E-state index < -0.39 is 0 Å². The van der Waals surface area contributed by atoms with Crippen LogP contribution < -0.4 is 5.32 Å². The van der Waals surface area contributed by atoms with Crippen LogP contribution in [-0.2, 0) is 17.8 Å². The average molecular weight is 290 g/mol. The molecule has 7 heteroatoms. The number of rotatable bonds is 8. The summed E-state index contributed by atoms with van der Waals surface area (Å²) in [7, 11) is 0. The molecule has 21 heavy (non-hydrogen) atoms. The predicted octanol–water partition coefficient (Wildman–Crippen LogP) is 2.01. The molecule has 0 aromatic carbocycles. The second-order valence-corrected chi connectivity index (χ2v) is 5.51. The molecule has 7 nitrogen and oxygen atoms in total. The van der Waals surface area contributed by atoms with E-state index in [1.165, 1.54) is 0 Å². The summed E-state index contributed by atoms with van der Waals surface area (Å²) >= 11 is 0. The van der Waals surface area contributed by atoms with E-state index in [0.29, 0.717) is 18.3 Å². The van der Waals surface area contributed by atoms with E-state index in [-0.39, 0.29) is 5.91 Å². The largest absolute Gasteiger partial charge is 0.317 e. The third kappa shape index (κ3) is 5.02. The molecule has 114 valence electrons. The highest BCUT2D eigenvalue weighted by atomic mass is 16.1. The molecule has 0 spiro atoms. The van der Waals surface area contributed by atoms with Crippen molar-refractivity contribution in [2.75, 3.05) is 5.32 Å². The molecule has 2 N–H and O–H groups in total. The lowest BCUT2D eigenvalue weighted by Gasteiger charge is -2.10. The number of aromatic amines is 1. The third-order valence-corrected chi connectivity index (χ3v) is 3.08. The zero-order valence-corrected chi connectivity index (χ0v) is 12.5. The predicted molar refractivity (Wildman–Crippen MR) is 79.6 cm³/mol. The maximum Gasteiger partial charge on any atom is 0.226 e. The second kappa shape index (κ2) is 7.56. The summed E-state index contributed by atoms with van der Waals surface area (Å²) in [4.78, 5) is 16.1. The first-order valence-corrected chi connectivity index (χ1v) is 7.31. The van der Waals surface area contributed by atoms with Gasteiger partial charge in [-0.1, -0.05) is 13.8 Å². The van der Waals surface area contributed by atoms with Gasteiger partial charge in [0.1, 0.15) is 0 Å². The van der Waals surface area contributed by atoms with E-state index >= 15 is 0 Å². The fraction of sp³-hybridized carbons (Fsp3) is 0.571. The maximum atomic E-state index is 11.9. The van der Waals surface area contributed by atoms with Gasteiger partial charge < -0.3 is 4.57 Å². The van der Waals surface area contributed by atoms with Gasteiger partial charge in [0.05, 0.1) is 11.9 Å². The Morgan fingerprint density at radius 2 is 2.29 bits per heavy atom. The SMILES string of the molecule is CC(C)Cn1ccnc1NC(=O)CCCCc1cn[nH]n1. The molecule has 0 fully saturated rings. The number of aryl methyl sites for hydroxylation is 1. The van der Waals surface area contributed by atoms with Gasteiger partial charge in [-0.25, -0.2) is 4.98 Å². The van der Waals surface area contributed by atoms with Gasteiger partial charge in [0.2, 0.25) is 11.9 Å². The third-order valence-electron chi connectivity index (χ3n) is 3.08. The standard InChI is InChI=1S/C14H22N6O/c1-11(2)10-20-8-7-15-14(20)17-13(21)6-4-3-5-12-9-16-19-18-12/h7-9,11H,3-6,10H2,1-2H3,(H,15,17,21)(H,16,18,19). The number of aromatic nitrogens is 5. The lowest BCUT2D eigenvalue weighted by atomic mass is 10.1. The summed E-state index contributed by atoms with van der Waals surface area (Å²) in [6.45, 7) is 5.12. The molecule has 0 radical (unpaired) electrons. The van der Waals surface area contributed by atoms with Crippen LogP contribution >= 0.6 is 0 Å². The lowest BCUT2D eigenvalue weighted by Crippen LogP contribution is -2.16. The molecule has 0 saturated heterocycles. The Kier molecular flexibility index (Phi) is 5.48. The molecule has 0 atom stereocenters. The molecule has 1 amide bonds. The Morgan fingerprint density at radius 3 is 3.00 bits per heavy atom. The van der Waals surface area contributed by atoms with E-state index in [0.717, 1.165) is 31.5 Å². The quantitative estimate of drug-likeness (QED) is 0.728. The number of nitrogens with one attached hydrogen (secondary N) is 2. The maximum absolute atomic E-state index is 11.9. The fourth-order valence-corrected chi connectivity index (χ4v) is 2.10. The van der Waals surface area contributed by atoms with Crippen LogP contribution in [-0.4, -0.2) is 30.9 Å². The van der Waals surface area contributed by atoms with Gasteiger partial charge in [-0.15, -0.1) is 0 Å². The second-order valence-electron chi connectivity index (χ2n) is 5.51.